The van der Waals surface area contributed by atoms with Crippen LogP contribution in [0.15, 0.2) is 24.3 Å². The molecule has 1 aliphatic heterocycles. The van der Waals surface area contributed by atoms with Gasteiger partial charge in [-0.25, -0.2) is 4.79 Å². The molecule has 2 atom stereocenters. The summed E-state index contributed by atoms with van der Waals surface area (Å²) in [4.78, 5) is 25.4. The number of amides is 1. The van der Waals surface area contributed by atoms with Gasteiger partial charge in [0.05, 0.1) is 6.42 Å². The van der Waals surface area contributed by atoms with Gasteiger partial charge in [-0.05, 0) is 29.9 Å². The fourth-order valence-corrected chi connectivity index (χ4v) is 2.87. The maximum atomic E-state index is 12.5. The third-order valence-electron chi connectivity index (χ3n) is 4.15. The van der Waals surface area contributed by atoms with E-state index in [1.807, 2.05) is 31.2 Å². The Morgan fingerprint density at radius 2 is 2.00 bits per heavy atom. The Bertz CT molecular complexity index is 530. The summed E-state index contributed by atoms with van der Waals surface area (Å²) < 4.78 is 0. The zero-order chi connectivity index (χ0) is 15.4. The Balaban J connectivity index is 2.13. The number of carbonyl (C=O) groups is 2. The molecule has 0 spiro atoms. The van der Waals surface area contributed by atoms with E-state index in [2.05, 4.69) is 0 Å². The largest absolute Gasteiger partial charge is 0.480 e. The third kappa shape index (κ3) is 3.61. The van der Waals surface area contributed by atoms with E-state index in [4.69, 9.17) is 5.73 Å². The highest BCUT2D eigenvalue weighted by molar-refractivity contribution is 5.85. The van der Waals surface area contributed by atoms with Gasteiger partial charge in [0.1, 0.15) is 6.04 Å². The highest BCUT2D eigenvalue weighted by atomic mass is 16.4. The minimum Gasteiger partial charge on any atom is -0.480 e. The van der Waals surface area contributed by atoms with Crippen LogP contribution in [0.3, 0.4) is 0 Å². The number of nitrogens with zero attached hydrogens (tertiary/aromatic N) is 1. The van der Waals surface area contributed by atoms with Crippen LogP contribution in [-0.2, 0) is 22.6 Å². The molecule has 1 aliphatic rings. The molecule has 0 aliphatic carbocycles. The fraction of sp³-hybridized carbons (Fsp3) is 0.500. The highest BCUT2D eigenvalue weighted by Crippen LogP contribution is 2.24. The van der Waals surface area contributed by atoms with E-state index in [1.54, 1.807) is 0 Å². The minimum absolute atomic E-state index is 0.129. The molecule has 21 heavy (non-hydrogen) atoms. The van der Waals surface area contributed by atoms with Crippen LogP contribution in [0.4, 0.5) is 0 Å². The van der Waals surface area contributed by atoms with Crippen LogP contribution in [0.25, 0.3) is 0 Å². The maximum absolute atomic E-state index is 12.5. The average molecular weight is 290 g/mol. The zero-order valence-electron chi connectivity index (χ0n) is 12.3. The van der Waals surface area contributed by atoms with Crippen molar-refractivity contribution in [1.82, 2.24) is 4.90 Å². The molecule has 0 aromatic heterocycles. The van der Waals surface area contributed by atoms with Gasteiger partial charge in [0.2, 0.25) is 5.91 Å². The van der Waals surface area contributed by atoms with Gasteiger partial charge in [-0.1, -0.05) is 31.2 Å². The van der Waals surface area contributed by atoms with E-state index in [0.717, 1.165) is 17.5 Å². The van der Waals surface area contributed by atoms with Crippen LogP contribution in [0.5, 0.6) is 0 Å². The Morgan fingerprint density at radius 3 is 2.62 bits per heavy atom. The number of rotatable bonds is 4. The molecular weight excluding hydrogens is 268 g/mol. The van der Waals surface area contributed by atoms with Gasteiger partial charge in [0.25, 0.3) is 0 Å². The van der Waals surface area contributed by atoms with Crippen molar-refractivity contribution in [2.75, 3.05) is 6.54 Å². The number of benzene rings is 1. The summed E-state index contributed by atoms with van der Waals surface area (Å²) in [6.07, 6.45) is 1.60. The molecule has 1 heterocycles. The van der Waals surface area contributed by atoms with Crippen molar-refractivity contribution in [3.8, 4) is 0 Å². The second-order valence-electron chi connectivity index (χ2n) is 5.72. The minimum atomic E-state index is -0.915. The van der Waals surface area contributed by atoms with E-state index in [-0.39, 0.29) is 12.3 Å². The van der Waals surface area contributed by atoms with Gasteiger partial charge in [0, 0.05) is 13.1 Å². The van der Waals surface area contributed by atoms with E-state index in [9.17, 15) is 14.7 Å². The second kappa shape index (κ2) is 6.72. The van der Waals surface area contributed by atoms with Crippen molar-refractivity contribution in [2.45, 2.75) is 38.8 Å². The number of piperidine rings is 1. The molecule has 1 aromatic carbocycles. The first-order chi connectivity index (χ1) is 10.0. The number of likely N-dealkylation sites (tertiary alicyclic amines) is 1. The zero-order valence-corrected chi connectivity index (χ0v) is 12.3. The predicted octanol–water partition coefficient (Wildman–Crippen LogP) is 1.40. The van der Waals surface area contributed by atoms with E-state index < -0.39 is 12.0 Å². The van der Waals surface area contributed by atoms with Crippen molar-refractivity contribution in [3.63, 3.8) is 0 Å². The van der Waals surface area contributed by atoms with Crippen LogP contribution in [0.1, 0.15) is 30.9 Å². The lowest BCUT2D eigenvalue weighted by Crippen LogP contribution is -2.50. The molecule has 1 saturated heterocycles. The number of nitrogens with two attached hydrogens (primary N) is 1. The first-order valence-corrected chi connectivity index (χ1v) is 7.32. The van der Waals surface area contributed by atoms with Crippen LogP contribution < -0.4 is 5.73 Å². The molecule has 2 unspecified atom stereocenters. The average Bonchev–Trinajstić information content (AvgIpc) is 2.47. The summed E-state index contributed by atoms with van der Waals surface area (Å²) in [5.74, 6) is -0.705. The Morgan fingerprint density at radius 1 is 1.33 bits per heavy atom. The Hall–Kier alpha value is -1.88. The number of carbonyl (C=O) groups excluding carboxylic acids is 1. The molecule has 0 radical (unpaired) electrons. The number of aliphatic carboxylic acids is 1. The topological polar surface area (TPSA) is 83.6 Å². The summed E-state index contributed by atoms with van der Waals surface area (Å²) in [7, 11) is 0. The molecule has 2 rings (SSSR count). The van der Waals surface area contributed by atoms with Gasteiger partial charge in [-0.15, -0.1) is 0 Å². The number of carboxylic acids is 1. The lowest BCUT2D eigenvalue weighted by molar-refractivity contribution is -0.152. The monoisotopic (exact) mass is 290 g/mol. The number of carboxylic acid groups (broad SMARTS) is 1. The highest BCUT2D eigenvalue weighted by Gasteiger charge is 2.34. The molecule has 114 valence electrons. The van der Waals surface area contributed by atoms with Crippen molar-refractivity contribution >= 4 is 11.9 Å². The van der Waals surface area contributed by atoms with E-state index >= 15 is 0 Å². The fourth-order valence-electron chi connectivity index (χ4n) is 2.87. The molecule has 0 bridgehead atoms. The Labute approximate surface area is 124 Å². The first kappa shape index (κ1) is 15.5. The number of hydrogen-bond acceptors (Lipinski definition) is 3. The molecule has 1 aromatic rings. The van der Waals surface area contributed by atoms with Crippen LogP contribution in [0, 0.1) is 5.92 Å². The summed E-state index contributed by atoms with van der Waals surface area (Å²) in [6.45, 7) is 2.92. The Kier molecular flexibility index (Phi) is 4.96. The van der Waals surface area contributed by atoms with E-state index in [1.165, 1.54) is 4.90 Å². The summed E-state index contributed by atoms with van der Waals surface area (Å²) >= 11 is 0. The van der Waals surface area contributed by atoms with Gasteiger partial charge in [-0.3, -0.25) is 4.79 Å². The van der Waals surface area contributed by atoms with Crippen LogP contribution >= 0.6 is 0 Å². The van der Waals surface area contributed by atoms with Crippen molar-refractivity contribution < 1.29 is 14.7 Å². The summed E-state index contributed by atoms with van der Waals surface area (Å²) in [5, 5.41) is 9.33. The molecule has 1 amide bonds. The van der Waals surface area contributed by atoms with Crippen molar-refractivity contribution in [2.24, 2.45) is 11.7 Å². The van der Waals surface area contributed by atoms with Crippen LogP contribution in [-0.4, -0.2) is 34.5 Å². The molecule has 5 heteroatoms. The van der Waals surface area contributed by atoms with Crippen molar-refractivity contribution in [1.29, 1.82) is 0 Å². The number of hydrogen-bond donors (Lipinski definition) is 2. The molecular formula is C16H22N2O3. The van der Waals surface area contributed by atoms with E-state index in [0.29, 0.717) is 25.4 Å². The van der Waals surface area contributed by atoms with Crippen LogP contribution in [0.2, 0.25) is 0 Å². The molecule has 3 N–H and O–H groups in total. The molecule has 5 nitrogen and oxygen atoms in total. The quantitative estimate of drug-likeness (QED) is 0.878. The van der Waals surface area contributed by atoms with Gasteiger partial charge >= 0.3 is 5.97 Å². The smallest absolute Gasteiger partial charge is 0.326 e. The lowest BCUT2D eigenvalue weighted by atomic mass is 9.91. The SMILES string of the molecule is CC1CCN(C(=O)Cc2ccccc2CN)C(C(=O)O)C1. The van der Waals surface area contributed by atoms with Crippen molar-refractivity contribution in [3.05, 3.63) is 35.4 Å². The van der Waals surface area contributed by atoms with Gasteiger partial charge in [0.15, 0.2) is 0 Å². The molecule has 0 saturated carbocycles. The first-order valence-electron chi connectivity index (χ1n) is 7.32. The third-order valence-corrected chi connectivity index (χ3v) is 4.15. The second-order valence-corrected chi connectivity index (χ2v) is 5.72. The summed E-state index contributed by atoms with van der Waals surface area (Å²) in [6, 6.07) is 6.83. The standard InChI is InChI=1S/C16H22N2O3/c1-11-6-7-18(14(8-11)16(20)21)15(19)9-12-4-2-3-5-13(12)10-17/h2-5,11,14H,6-10,17H2,1H3,(H,20,21). The lowest BCUT2D eigenvalue weighted by Gasteiger charge is -2.36. The predicted molar refractivity (Wildman–Crippen MR) is 79.6 cm³/mol. The maximum Gasteiger partial charge on any atom is 0.326 e. The van der Waals surface area contributed by atoms with Gasteiger partial charge < -0.3 is 15.7 Å². The molecule has 1 fully saturated rings. The summed E-state index contributed by atoms with van der Waals surface area (Å²) in [5.41, 5.74) is 7.50. The van der Waals surface area contributed by atoms with Gasteiger partial charge in [-0.2, -0.15) is 0 Å². The normalized spacial score (nSPS) is 22.1.